The van der Waals surface area contributed by atoms with Crippen LogP contribution in [0.3, 0.4) is 0 Å². The molecule has 4 aromatic carbocycles. The average molecular weight is 787 g/mol. The number of halogens is 8. The first-order valence-corrected chi connectivity index (χ1v) is 17.9. The molecule has 4 aromatic rings. The van der Waals surface area contributed by atoms with Crippen LogP contribution in [0.25, 0.3) is 0 Å². The van der Waals surface area contributed by atoms with Gasteiger partial charge in [0.2, 0.25) is 12.2 Å². The largest absolute Gasteiger partial charge is 0.507 e. The molecule has 0 spiro atoms. The van der Waals surface area contributed by atoms with Gasteiger partial charge in [-0.1, -0.05) is 62.6 Å². The third-order valence-corrected chi connectivity index (χ3v) is 10.3. The molecule has 0 radical (unpaired) electrons. The van der Waals surface area contributed by atoms with Gasteiger partial charge in [-0.15, -0.1) is 0 Å². The van der Waals surface area contributed by atoms with Gasteiger partial charge in [0.25, 0.3) is 0 Å². The predicted molar refractivity (Wildman–Crippen MR) is 186 cm³/mol. The average Bonchev–Trinajstić information content (AvgIpc) is 3.14. The molecule has 0 saturated heterocycles. The summed E-state index contributed by atoms with van der Waals surface area (Å²) in [7, 11) is 0. The number of carbonyl (C=O) groups is 2. The zero-order chi connectivity index (χ0) is 38.9. The highest BCUT2D eigenvalue weighted by Gasteiger charge is 2.30. The second-order valence-corrected chi connectivity index (χ2v) is 14.2. The summed E-state index contributed by atoms with van der Waals surface area (Å²) in [4.78, 5) is 22.8. The summed E-state index contributed by atoms with van der Waals surface area (Å²) in [5.41, 5.74) is -1.32. The molecule has 284 valence electrons. The summed E-state index contributed by atoms with van der Waals surface area (Å²) < 4.78 is 105. The lowest BCUT2D eigenvalue weighted by Gasteiger charge is -2.23. The molecule has 53 heavy (non-hydrogen) atoms. The van der Waals surface area contributed by atoms with E-state index >= 15 is 0 Å². The number of phenols is 1. The van der Waals surface area contributed by atoms with Crippen molar-refractivity contribution in [3.63, 3.8) is 0 Å². The first-order chi connectivity index (χ1) is 25.1. The van der Waals surface area contributed by atoms with Crippen molar-refractivity contribution in [1.29, 1.82) is 0 Å². The highest BCUT2D eigenvalue weighted by atomic mass is 32.2. The highest BCUT2D eigenvalue weighted by Crippen LogP contribution is 2.38. The highest BCUT2D eigenvalue weighted by molar-refractivity contribution is 8.00. The van der Waals surface area contributed by atoms with Gasteiger partial charge in [0.05, 0.1) is 6.54 Å². The van der Waals surface area contributed by atoms with Gasteiger partial charge < -0.3 is 15.1 Å². The first-order valence-electron chi connectivity index (χ1n) is 16.3. The summed E-state index contributed by atoms with van der Waals surface area (Å²) in [5, 5.41) is 18.8. The molecule has 6 nitrogen and oxygen atoms in total. The van der Waals surface area contributed by atoms with Crippen LogP contribution in [-0.4, -0.2) is 39.0 Å². The Hall–Kier alpha value is -4.28. The number of hydrogen-bond acceptors (Lipinski definition) is 6. The van der Waals surface area contributed by atoms with Gasteiger partial charge in [-0.25, -0.2) is 31.1 Å². The minimum Gasteiger partial charge on any atom is -0.507 e. The fourth-order valence-corrected chi connectivity index (χ4v) is 7.08. The van der Waals surface area contributed by atoms with Crippen LogP contribution in [0.1, 0.15) is 72.0 Å². The molecule has 0 aromatic heterocycles. The van der Waals surface area contributed by atoms with Gasteiger partial charge in [0.1, 0.15) is 16.2 Å². The Morgan fingerprint density at radius 1 is 0.811 bits per heavy atom. The Kier molecular flexibility index (Phi) is 14.6. The third-order valence-electron chi connectivity index (χ3n) is 8.34. The molecule has 1 saturated carbocycles. The second-order valence-electron chi connectivity index (χ2n) is 12.0. The quantitative estimate of drug-likeness (QED) is 0.0370. The van der Waals surface area contributed by atoms with Crippen molar-refractivity contribution in [2.45, 2.75) is 73.3 Å². The second kappa shape index (κ2) is 18.7. The van der Waals surface area contributed by atoms with Crippen LogP contribution in [0.2, 0.25) is 0 Å². The van der Waals surface area contributed by atoms with Crippen LogP contribution in [0.4, 0.5) is 40.8 Å². The third kappa shape index (κ3) is 11.4. The standard InChI is InChI=1S/C21H23NO4.C16H11F8NS2/c23-14-22(18-10-11-19(21(25)26)20(24)12-18)13-15-6-8-17(9-7-15)16-4-2-1-3-5-16;1-2-25(7-8-3-5-9(6-4-8)26-16(22,23)24)27-15-13(20)11(18)10(17)12(19)14(15)21/h6-12,14,16,24H,1-5,13H2,(H,25,26);3-6H,2,7H2,1H3. The molecule has 0 unspecified atom stereocenters. The monoisotopic (exact) mass is 786 g/mol. The smallest absolute Gasteiger partial charge is 0.446 e. The minimum atomic E-state index is -4.43. The number of amides is 1. The fourth-order valence-electron chi connectivity index (χ4n) is 5.60. The lowest BCUT2D eigenvalue weighted by Crippen LogP contribution is -2.20. The molecule has 1 amide bonds. The number of alkyl halides is 3. The molecule has 16 heteroatoms. The Morgan fingerprint density at radius 3 is 1.87 bits per heavy atom. The molecular weight excluding hydrogens is 753 g/mol. The van der Waals surface area contributed by atoms with Crippen LogP contribution in [0.15, 0.2) is 76.5 Å². The van der Waals surface area contributed by atoms with E-state index in [0.29, 0.717) is 42.1 Å². The van der Waals surface area contributed by atoms with Gasteiger partial charge in [-0.2, -0.15) is 13.2 Å². The Bertz CT molecular complexity index is 1840. The predicted octanol–water partition coefficient (Wildman–Crippen LogP) is 10.8. The fraction of sp³-hybridized carbons (Fsp3) is 0.297. The van der Waals surface area contributed by atoms with Gasteiger partial charge in [-0.3, -0.25) is 4.79 Å². The van der Waals surface area contributed by atoms with Crippen molar-refractivity contribution in [1.82, 2.24) is 4.31 Å². The topological polar surface area (TPSA) is 81.1 Å². The molecule has 1 fully saturated rings. The normalized spacial score (nSPS) is 13.4. The van der Waals surface area contributed by atoms with E-state index in [2.05, 4.69) is 12.1 Å². The number of nitrogens with zero attached hydrogens (tertiary/aromatic N) is 2. The van der Waals surface area contributed by atoms with Crippen molar-refractivity contribution >= 4 is 41.8 Å². The van der Waals surface area contributed by atoms with E-state index in [1.165, 1.54) is 89.3 Å². The van der Waals surface area contributed by atoms with Crippen molar-refractivity contribution in [3.05, 3.63) is 118 Å². The summed E-state index contributed by atoms with van der Waals surface area (Å²) in [6.07, 6.45) is 7.09. The lowest BCUT2D eigenvalue weighted by atomic mass is 9.84. The Balaban J connectivity index is 0.000000237. The SMILES string of the molecule is CCN(Cc1ccc(SC(F)(F)F)cc1)Sc1c(F)c(F)c(F)c(F)c1F.O=CN(Cc1ccc(C2CCCCC2)cc1)c1ccc(C(=O)O)c(O)c1. The molecule has 5 rings (SSSR count). The number of carboxylic acids is 1. The molecule has 1 aliphatic carbocycles. The molecule has 1 aliphatic rings. The first kappa shape index (κ1) is 41.5. The van der Waals surface area contributed by atoms with Crippen molar-refractivity contribution in [2.75, 3.05) is 11.4 Å². The number of anilines is 1. The number of thioether (sulfide) groups is 1. The number of carboxylic acid groups (broad SMARTS) is 1. The van der Waals surface area contributed by atoms with E-state index in [9.17, 15) is 49.8 Å². The number of aromatic carboxylic acids is 1. The Morgan fingerprint density at radius 2 is 1.36 bits per heavy atom. The van der Waals surface area contributed by atoms with Gasteiger partial charge >= 0.3 is 11.5 Å². The van der Waals surface area contributed by atoms with E-state index < -0.39 is 45.5 Å². The van der Waals surface area contributed by atoms with E-state index in [1.54, 1.807) is 6.92 Å². The van der Waals surface area contributed by atoms with Crippen molar-refractivity contribution < 1.29 is 54.9 Å². The molecule has 2 N–H and O–H groups in total. The maximum Gasteiger partial charge on any atom is 0.446 e. The Labute approximate surface area is 308 Å². The minimum absolute atomic E-state index is 0.0115. The molecule has 0 aliphatic heterocycles. The summed E-state index contributed by atoms with van der Waals surface area (Å²) in [6.45, 7) is 2.13. The number of hydrogen-bond donors (Lipinski definition) is 2. The van der Waals surface area contributed by atoms with Crippen LogP contribution in [0.5, 0.6) is 5.75 Å². The molecular formula is C37H34F8N2O4S2. The van der Waals surface area contributed by atoms with Gasteiger partial charge in [0, 0.05) is 29.7 Å². The van der Waals surface area contributed by atoms with E-state index in [-0.39, 0.29) is 41.1 Å². The van der Waals surface area contributed by atoms with E-state index in [4.69, 9.17) is 5.11 Å². The van der Waals surface area contributed by atoms with Crippen molar-refractivity contribution in [2.24, 2.45) is 0 Å². The van der Waals surface area contributed by atoms with Crippen LogP contribution < -0.4 is 4.90 Å². The summed E-state index contributed by atoms with van der Waals surface area (Å²) in [5.74, 6) is -11.1. The van der Waals surface area contributed by atoms with Crippen molar-refractivity contribution in [3.8, 4) is 5.75 Å². The van der Waals surface area contributed by atoms with E-state index in [0.717, 1.165) is 5.56 Å². The summed E-state index contributed by atoms with van der Waals surface area (Å²) >= 11 is 0.0478. The number of aromatic hydroxyl groups is 1. The van der Waals surface area contributed by atoms with Crippen LogP contribution >= 0.6 is 23.7 Å². The zero-order valence-corrected chi connectivity index (χ0v) is 29.7. The van der Waals surface area contributed by atoms with Crippen LogP contribution in [-0.2, 0) is 17.9 Å². The summed E-state index contributed by atoms with van der Waals surface area (Å²) in [6, 6.07) is 17.7. The van der Waals surface area contributed by atoms with Gasteiger partial charge in [0.15, 0.2) is 23.3 Å². The van der Waals surface area contributed by atoms with Crippen LogP contribution in [0, 0.1) is 29.1 Å². The molecule has 0 heterocycles. The maximum absolute atomic E-state index is 13.8. The number of carbonyl (C=O) groups excluding carboxylic acids is 1. The maximum atomic E-state index is 13.8. The molecule has 0 bridgehead atoms. The zero-order valence-electron chi connectivity index (χ0n) is 28.1. The number of rotatable bonds is 12. The molecule has 0 atom stereocenters. The van der Waals surface area contributed by atoms with Gasteiger partial charge in [-0.05, 0) is 83.4 Å². The lowest BCUT2D eigenvalue weighted by molar-refractivity contribution is -0.107. The number of benzene rings is 4. The van der Waals surface area contributed by atoms with E-state index in [1.807, 2.05) is 12.1 Å².